The minimum Gasteiger partial charge on any atom is -0.398 e. The molecule has 1 aromatic heterocycles. The molecule has 1 aromatic rings. The Hall–Kier alpha value is -1.09. The van der Waals surface area contributed by atoms with Gasteiger partial charge in [-0.2, -0.15) is 0 Å². The van der Waals surface area contributed by atoms with E-state index in [1.165, 1.54) is 12.0 Å². The summed E-state index contributed by atoms with van der Waals surface area (Å²) in [5.74, 6) is 0.682. The van der Waals surface area contributed by atoms with Crippen LogP contribution in [0.15, 0.2) is 18.5 Å². The molecular weight excluding hydrogens is 210 g/mol. The normalized spacial score (nSPS) is 12.9. The van der Waals surface area contributed by atoms with Crippen molar-refractivity contribution in [3.05, 3.63) is 24.0 Å². The van der Waals surface area contributed by atoms with Gasteiger partial charge in [0, 0.05) is 24.1 Å². The molecule has 0 amide bonds. The zero-order chi connectivity index (χ0) is 12.7. The van der Waals surface area contributed by atoms with E-state index in [1.807, 2.05) is 12.3 Å². The van der Waals surface area contributed by atoms with Gasteiger partial charge in [0.2, 0.25) is 0 Å². The van der Waals surface area contributed by atoms with Gasteiger partial charge in [0.1, 0.15) is 0 Å². The number of nitrogens with one attached hydrogen (secondary N) is 1. The number of rotatable bonds is 7. The number of hydrogen-bond acceptors (Lipinski definition) is 3. The number of anilines is 1. The van der Waals surface area contributed by atoms with E-state index in [2.05, 4.69) is 31.1 Å². The molecule has 0 aliphatic heterocycles. The van der Waals surface area contributed by atoms with E-state index >= 15 is 0 Å². The van der Waals surface area contributed by atoms with Crippen LogP contribution in [-0.2, 0) is 6.42 Å². The summed E-state index contributed by atoms with van der Waals surface area (Å²) in [6.45, 7) is 7.74. The molecule has 1 atom stereocenters. The number of nitrogen functional groups attached to an aromatic ring is 1. The largest absolute Gasteiger partial charge is 0.398 e. The Morgan fingerprint density at radius 3 is 2.76 bits per heavy atom. The second-order valence-corrected chi connectivity index (χ2v) is 4.87. The van der Waals surface area contributed by atoms with Crippen molar-refractivity contribution in [1.82, 2.24) is 10.3 Å². The molecule has 0 radical (unpaired) electrons. The Morgan fingerprint density at radius 1 is 1.41 bits per heavy atom. The first-order valence-corrected chi connectivity index (χ1v) is 6.56. The summed E-state index contributed by atoms with van der Waals surface area (Å²) < 4.78 is 0. The van der Waals surface area contributed by atoms with Gasteiger partial charge in [-0.15, -0.1) is 0 Å². The zero-order valence-electron chi connectivity index (χ0n) is 11.2. The highest BCUT2D eigenvalue weighted by Crippen LogP contribution is 2.15. The number of aromatic nitrogens is 1. The van der Waals surface area contributed by atoms with Gasteiger partial charge in [0.15, 0.2) is 0 Å². The van der Waals surface area contributed by atoms with Crippen molar-refractivity contribution in [2.45, 2.75) is 46.1 Å². The SMILES string of the molecule is CCNC(CCCc1cnccc1N)C(C)C. The molecule has 17 heavy (non-hydrogen) atoms. The molecule has 0 aliphatic carbocycles. The fourth-order valence-electron chi connectivity index (χ4n) is 2.09. The Bertz CT molecular complexity index is 323. The van der Waals surface area contributed by atoms with Crippen LogP contribution in [-0.4, -0.2) is 17.6 Å². The standard InChI is InChI=1S/C14H25N3/c1-4-17-14(11(2)3)7-5-6-12-10-16-9-8-13(12)15/h8-11,14,17H,4-7H2,1-3H3,(H2,15,16). The lowest BCUT2D eigenvalue weighted by Crippen LogP contribution is -2.33. The predicted octanol–water partition coefficient (Wildman–Crippen LogP) is 2.62. The molecular formula is C14H25N3. The number of pyridine rings is 1. The topological polar surface area (TPSA) is 50.9 Å². The van der Waals surface area contributed by atoms with Gasteiger partial charge in [0.05, 0.1) is 0 Å². The maximum atomic E-state index is 5.90. The lowest BCUT2D eigenvalue weighted by atomic mass is 9.97. The van der Waals surface area contributed by atoms with Crippen molar-refractivity contribution in [2.75, 3.05) is 12.3 Å². The first-order chi connectivity index (χ1) is 8.15. The third-order valence-corrected chi connectivity index (χ3v) is 3.17. The molecule has 0 spiro atoms. The molecule has 1 heterocycles. The minimum atomic E-state index is 0.609. The van der Waals surface area contributed by atoms with E-state index in [0.29, 0.717) is 12.0 Å². The molecule has 1 rings (SSSR count). The van der Waals surface area contributed by atoms with Crippen LogP contribution in [0.5, 0.6) is 0 Å². The molecule has 96 valence electrons. The van der Waals surface area contributed by atoms with Gasteiger partial charge < -0.3 is 11.1 Å². The van der Waals surface area contributed by atoms with Crippen molar-refractivity contribution in [1.29, 1.82) is 0 Å². The van der Waals surface area contributed by atoms with Gasteiger partial charge >= 0.3 is 0 Å². The van der Waals surface area contributed by atoms with Crippen LogP contribution in [0.4, 0.5) is 5.69 Å². The van der Waals surface area contributed by atoms with E-state index in [-0.39, 0.29) is 0 Å². The average Bonchev–Trinajstić information content (AvgIpc) is 2.30. The summed E-state index contributed by atoms with van der Waals surface area (Å²) in [5.41, 5.74) is 7.94. The third-order valence-electron chi connectivity index (χ3n) is 3.17. The van der Waals surface area contributed by atoms with Gasteiger partial charge in [0.25, 0.3) is 0 Å². The monoisotopic (exact) mass is 235 g/mol. The van der Waals surface area contributed by atoms with Crippen molar-refractivity contribution in [2.24, 2.45) is 5.92 Å². The Balaban J connectivity index is 2.38. The first-order valence-electron chi connectivity index (χ1n) is 6.56. The van der Waals surface area contributed by atoms with Crippen LogP contribution in [0, 0.1) is 5.92 Å². The van der Waals surface area contributed by atoms with Gasteiger partial charge in [-0.25, -0.2) is 0 Å². The van der Waals surface area contributed by atoms with Crippen LogP contribution in [0.3, 0.4) is 0 Å². The summed E-state index contributed by atoms with van der Waals surface area (Å²) in [7, 11) is 0. The van der Waals surface area contributed by atoms with E-state index < -0.39 is 0 Å². The summed E-state index contributed by atoms with van der Waals surface area (Å²) >= 11 is 0. The van der Waals surface area contributed by atoms with Crippen LogP contribution >= 0.6 is 0 Å². The lowest BCUT2D eigenvalue weighted by Gasteiger charge is -2.21. The van der Waals surface area contributed by atoms with E-state index in [9.17, 15) is 0 Å². The lowest BCUT2D eigenvalue weighted by molar-refractivity contribution is 0.377. The first kappa shape index (κ1) is 14.0. The highest BCUT2D eigenvalue weighted by atomic mass is 14.9. The quantitative estimate of drug-likeness (QED) is 0.764. The van der Waals surface area contributed by atoms with E-state index in [0.717, 1.165) is 25.1 Å². The smallest absolute Gasteiger partial charge is 0.0377 e. The van der Waals surface area contributed by atoms with Crippen molar-refractivity contribution in [3.63, 3.8) is 0 Å². The number of nitrogens with two attached hydrogens (primary N) is 1. The summed E-state index contributed by atoms with van der Waals surface area (Å²) in [6.07, 6.45) is 7.00. The summed E-state index contributed by atoms with van der Waals surface area (Å²) in [4.78, 5) is 4.12. The van der Waals surface area contributed by atoms with Gasteiger partial charge in [-0.05, 0) is 43.4 Å². The van der Waals surface area contributed by atoms with Crippen molar-refractivity contribution < 1.29 is 0 Å². The molecule has 0 saturated heterocycles. The second-order valence-electron chi connectivity index (χ2n) is 4.87. The van der Waals surface area contributed by atoms with Crippen LogP contribution in [0.2, 0.25) is 0 Å². The fraction of sp³-hybridized carbons (Fsp3) is 0.643. The third kappa shape index (κ3) is 4.73. The van der Waals surface area contributed by atoms with E-state index in [1.54, 1.807) is 6.20 Å². The summed E-state index contributed by atoms with van der Waals surface area (Å²) in [6, 6.07) is 2.48. The molecule has 0 saturated carbocycles. The maximum absolute atomic E-state index is 5.90. The van der Waals surface area contributed by atoms with E-state index in [4.69, 9.17) is 5.73 Å². The Kier molecular flexibility index (Phi) is 5.98. The highest BCUT2D eigenvalue weighted by Gasteiger charge is 2.11. The second kappa shape index (κ2) is 7.28. The molecule has 1 unspecified atom stereocenters. The van der Waals surface area contributed by atoms with Crippen LogP contribution in [0.25, 0.3) is 0 Å². The van der Waals surface area contributed by atoms with Crippen molar-refractivity contribution >= 4 is 5.69 Å². The predicted molar refractivity (Wildman–Crippen MR) is 73.9 cm³/mol. The number of nitrogens with zero attached hydrogens (tertiary/aromatic N) is 1. The Labute approximate surface area is 105 Å². The zero-order valence-corrected chi connectivity index (χ0v) is 11.2. The molecule has 3 nitrogen and oxygen atoms in total. The average molecular weight is 235 g/mol. The number of aryl methyl sites for hydroxylation is 1. The molecule has 0 aliphatic rings. The Morgan fingerprint density at radius 2 is 2.18 bits per heavy atom. The highest BCUT2D eigenvalue weighted by molar-refractivity contribution is 5.44. The minimum absolute atomic E-state index is 0.609. The molecule has 0 bridgehead atoms. The van der Waals surface area contributed by atoms with Crippen molar-refractivity contribution in [3.8, 4) is 0 Å². The number of hydrogen-bond donors (Lipinski definition) is 2. The summed E-state index contributed by atoms with van der Waals surface area (Å²) in [5, 5.41) is 3.54. The molecule has 0 fully saturated rings. The van der Waals surface area contributed by atoms with Crippen LogP contribution in [0.1, 0.15) is 39.2 Å². The maximum Gasteiger partial charge on any atom is 0.0377 e. The van der Waals surface area contributed by atoms with Gasteiger partial charge in [-0.1, -0.05) is 20.8 Å². The van der Waals surface area contributed by atoms with Crippen LogP contribution < -0.4 is 11.1 Å². The molecule has 3 N–H and O–H groups in total. The molecule has 3 heteroatoms. The van der Waals surface area contributed by atoms with Gasteiger partial charge in [-0.3, -0.25) is 4.98 Å². The molecule has 0 aromatic carbocycles. The fourth-order valence-corrected chi connectivity index (χ4v) is 2.09.